The largest absolute Gasteiger partial charge is 0.455 e. The van der Waals surface area contributed by atoms with Crippen molar-refractivity contribution >= 4 is 17.6 Å². The summed E-state index contributed by atoms with van der Waals surface area (Å²) < 4.78 is 55.5. The minimum absolute atomic E-state index is 0.116. The first-order valence-electron chi connectivity index (χ1n) is 7.11. The highest BCUT2D eigenvalue weighted by molar-refractivity contribution is 5.92. The molecule has 2 aromatic carbocycles. The van der Waals surface area contributed by atoms with Crippen LogP contribution in [0.3, 0.4) is 0 Å². The molecule has 0 aliphatic carbocycles. The van der Waals surface area contributed by atoms with E-state index in [4.69, 9.17) is 4.74 Å². The molecule has 0 unspecified atom stereocenters. The van der Waals surface area contributed by atoms with Crippen LogP contribution in [0.5, 0.6) is 0 Å². The number of hydrogen-bond donors (Lipinski definition) is 1. The quantitative estimate of drug-likeness (QED) is 0.659. The van der Waals surface area contributed by atoms with Crippen LogP contribution < -0.4 is 5.32 Å². The van der Waals surface area contributed by atoms with E-state index in [-0.39, 0.29) is 11.3 Å². The highest BCUT2D eigenvalue weighted by Gasteiger charge is 2.30. The number of carbonyl (C=O) groups is 2. The van der Waals surface area contributed by atoms with Crippen LogP contribution in [-0.4, -0.2) is 18.5 Å². The van der Waals surface area contributed by atoms with Gasteiger partial charge in [-0.3, -0.25) is 9.59 Å². The molecule has 2 rings (SSSR count). The third-order valence-corrected chi connectivity index (χ3v) is 3.08. The van der Waals surface area contributed by atoms with Crippen LogP contribution in [0, 0.1) is 5.82 Å². The van der Waals surface area contributed by atoms with Crippen molar-refractivity contribution < 1.29 is 31.9 Å². The Morgan fingerprint density at radius 3 is 2.44 bits per heavy atom. The van der Waals surface area contributed by atoms with Gasteiger partial charge in [0.25, 0.3) is 5.91 Å². The Bertz CT molecular complexity index is 774. The molecule has 4 nitrogen and oxygen atoms in total. The molecule has 0 bridgehead atoms. The Labute approximate surface area is 140 Å². The Kier molecular flexibility index (Phi) is 5.74. The van der Waals surface area contributed by atoms with Gasteiger partial charge in [-0.1, -0.05) is 24.3 Å². The summed E-state index contributed by atoms with van der Waals surface area (Å²) in [5.74, 6) is -2.09. The van der Waals surface area contributed by atoms with Crippen molar-refractivity contribution in [2.24, 2.45) is 0 Å². The second-order valence-electron chi connectivity index (χ2n) is 5.09. The van der Waals surface area contributed by atoms with Gasteiger partial charge in [-0.25, -0.2) is 4.39 Å². The van der Waals surface area contributed by atoms with Gasteiger partial charge in [-0.05, 0) is 29.8 Å². The van der Waals surface area contributed by atoms with Crippen LogP contribution in [-0.2, 0) is 26.9 Å². The lowest BCUT2D eigenvalue weighted by Gasteiger charge is -2.09. The first-order valence-corrected chi connectivity index (χ1v) is 7.11. The molecule has 1 amide bonds. The number of hydrogen-bond acceptors (Lipinski definition) is 3. The number of benzene rings is 2. The number of nitrogens with one attached hydrogen (secondary N) is 1. The van der Waals surface area contributed by atoms with Crippen molar-refractivity contribution in [3.63, 3.8) is 0 Å². The summed E-state index contributed by atoms with van der Waals surface area (Å²) >= 11 is 0. The Morgan fingerprint density at radius 1 is 1.04 bits per heavy atom. The Hall–Kier alpha value is -2.90. The first-order chi connectivity index (χ1) is 11.7. The number of halogens is 4. The minimum Gasteiger partial charge on any atom is -0.455 e. The fourth-order valence-electron chi connectivity index (χ4n) is 1.98. The van der Waals surface area contributed by atoms with Crippen LogP contribution in [0.2, 0.25) is 0 Å². The second-order valence-corrected chi connectivity index (χ2v) is 5.09. The normalized spacial score (nSPS) is 11.0. The average Bonchev–Trinajstić information content (AvgIpc) is 2.52. The molecule has 0 saturated carbocycles. The zero-order valence-electron chi connectivity index (χ0n) is 12.8. The third kappa shape index (κ3) is 5.91. The average molecular weight is 355 g/mol. The zero-order chi connectivity index (χ0) is 18.4. The Balaban J connectivity index is 1.85. The van der Waals surface area contributed by atoms with E-state index in [1.165, 1.54) is 30.3 Å². The van der Waals surface area contributed by atoms with E-state index in [0.29, 0.717) is 0 Å². The van der Waals surface area contributed by atoms with Crippen molar-refractivity contribution in [2.45, 2.75) is 12.6 Å². The number of esters is 1. The number of alkyl halides is 3. The van der Waals surface area contributed by atoms with Crippen molar-refractivity contribution in [2.75, 3.05) is 11.9 Å². The summed E-state index contributed by atoms with van der Waals surface area (Å²) in [6.45, 7) is -0.631. The molecule has 0 spiro atoms. The van der Waals surface area contributed by atoms with Gasteiger partial charge in [-0.2, -0.15) is 13.2 Å². The third-order valence-electron chi connectivity index (χ3n) is 3.08. The summed E-state index contributed by atoms with van der Waals surface area (Å²) in [4.78, 5) is 23.2. The van der Waals surface area contributed by atoms with Gasteiger partial charge in [0.15, 0.2) is 6.61 Å². The predicted octanol–water partition coefficient (Wildman–Crippen LogP) is 3.57. The number of carbonyl (C=O) groups excluding carboxylic acids is 2. The van der Waals surface area contributed by atoms with E-state index in [0.717, 1.165) is 18.2 Å². The molecule has 0 aromatic heterocycles. The van der Waals surface area contributed by atoms with Gasteiger partial charge in [0.05, 0.1) is 12.0 Å². The predicted molar refractivity (Wildman–Crippen MR) is 81.1 cm³/mol. The summed E-state index contributed by atoms with van der Waals surface area (Å²) in [6, 6.07) is 9.39. The Morgan fingerprint density at radius 2 is 1.76 bits per heavy atom. The van der Waals surface area contributed by atoms with Gasteiger partial charge in [0.1, 0.15) is 5.82 Å². The summed E-state index contributed by atoms with van der Waals surface area (Å²) in [7, 11) is 0. The van der Waals surface area contributed by atoms with Crippen molar-refractivity contribution in [1.82, 2.24) is 0 Å². The fourth-order valence-corrected chi connectivity index (χ4v) is 1.98. The standard InChI is InChI=1S/C17H13F4NO3/c18-13-5-2-6-14(9-13)22-15(23)10-25-16(24)8-11-3-1-4-12(7-11)17(19,20)21/h1-7,9H,8,10H2,(H,22,23). The molecule has 0 aliphatic rings. The number of amides is 1. The molecule has 0 saturated heterocycles. The van der Waals surface area contributed by atoms with Gasteiger partial charge < -0.3 is 10.1 Å². The lowest BCUT2D eigenvalue weighted by molar-refractivity contribution is -0.146. The van der Waals surface area contributed by atoms with Crippen LogP contribution in [0.15, 0.2) is 48.5 Å². The molecule has 0 fully saturated rings. The topological polar surface area (TPSA) is 55.4 Å². The number of anilines is 1. The second kappa shape index (κ2) is 7.78. The zero-order valence-corrected chi connectivity index (χ0v) is 12.8. The van der Waals surface area contributed by atoms with Crippen molar-refractivity contribution in [1.29, 1.82) is 0 Å². The van der Waals surface area contributed by atoms with E-state index < -0.39 is 42.5 Å². The molecule has 8 heteroatoms. The van der Waals surface area contributed by atoms with Crippen molar-refractivity contribution in [3.8, 4) is 0 Å². The molecular formula is C17H13F4NO3. The minimum atomic E-state index is -4.51. The maximum atomic E-state index is 13.0. The number of rotatable bonds is 5. The monoisotopic (exact) mass is 355 g/mol. The van der Waals surface area contributed by atoms with Crippen LogP contribution >= 0.6 is 0 Å². The summed E-state index contributed by atoms with van der Waals surface area (Å²) in [5, 5.41) is 2.33. The van der Waals surface area contributed by atoms with E-state index in [9.17, 15) is 27.2 Å². The number of ether oxygens (including phenoxy) is 1. The van der Waals surface area contributed by atoms with E-state index >= 15 is 0 Å². The van der Waals surface area contributed by atoms with Gasteiger partial charge in [-0.15, -0.1) is 0 Å². The van der Waals surface area contributed by atoms with Crippen LogP contribution in [0.4, 0.5) is 23.2 Å². The van der Waals surface area contributed by atoms with Gasteiger partial charge in [0, 0.05) is 5.69 Å². The van der Waals surface area contributed by atoms with Crippen LogP contribution in [0.25, 0.3) is 0 Å². The summed E-state index contributed by atoms with van der Waals surface area (Å²) in [6.07, 6.45) is -4.91. The maximum absolute atomic E-state index is 13.0. The highest BCUT2D eigenvalue weighted by Crippen LogP contribution is 2.29. The molecule has 0 heterocycles. The highest BCUT2D eigenvalue weighted by atomic mass is 19.4. The molecule has 132 valence electrons. The first kappa shape index (κ1) is 18.4. The van der Waals surface area contributed by atoms with E-state index in [1.54, 1.807) is 0 Å². The molecular weight excluding hydrogens is 342 g/mol. The molecule has 0 atom stereocenters. The fraction of sp³-hybridized carbons (Fsp3) is 0.176. The summed E-state index contributed by atoms with van der Waals surface area (Å²) in [5.41, 5.74) is -0.564. The lowest BCUT2D eigenvalue weighted by atomic mass is 10.1. The maximum Gasteiger partial charge on any atom is 0.416 e. The van der Waals surface area contributed by atoms with Gasteiger partial charge in [0.2, 0.25) is 0 Å². The molecule has 0 aliphatic heterocycles. The molecule has 1 N–H and O–H groups in total. The van der Waals surface area contributed by atoms with Crippen molar-refractivity contribution in [3.05, 3.63) is 65.5 Å². The lowest BCUT2D eigenvalue weighted by Crippen LogP contribution is -2.21. The molecule has 2 aromatic rings. The van der Waals surface area contributed by atoms with Crippen LogP contribution in [0.1, 0.15) is 11.1 Å². The molecule has 0 radical (unpaired) electrons. The van der Waals surface area contributed by atoms with Gasteiger partial charge >= 0.3 is 12.1 Å². The SMILES string of the molecule is O=C(COC(=O)Cc1cccc(C(F)(F)F)c1)Nc1cccc(F)c1. The smallest absolute Gasteiger partial charge is 0.416 e. The van der Waals surface area contributed by atoms with E-state index in [2.05, 4.69) is 5.32 Å². The molecule has 25 heavy (non-hydrogen) atoms. The van der Waals surface area contributed by atoms with E-state index in [1.807, 2.05) is 0 Å².